The Hall–Kier alpha value is -3.05. The lowest BCUT2D eigenvalue weighted by Gasteiger charge is -2.39. The maximum absolute atomic E-state index is 13.6. The first-order valence-electron chi connectivity index (χ1n) is 11.0. The summed E-state index contributed by atoms with van der Waals surface area (Å²) in [6, 6.07) is 17.4. The smallest absolute Gasteiger partial charge is 0.293 e. The first kappa shape index (κ1) is 21.8. The Morgan fingerprint density at radius 3 is 2.24 bits per heavy atom. The van der Waals surface area contributed by atoms with E-state index in [0.29, 0.717) is 17.9 Å². The second-order valence-electron chi connectivity index (χ2n) is 8.67. The second-order valence-corrected chi connectivity index (χ2v) is 8.67. The van der Waals surface area contributed by atoms with Crippen LogP contribution in [0.1, 0.15) is 5.56 Å². The molecule has 2 aromatic carbocycles. The van der Waals surface area contributed by atoms with E-state index in [4.69, 9.17) is 9.47 Å². The minimum absolute atomic E-state index is 0.368. The van der Waals surface area contributed by atoms with Crippen LogP contribution in [-0.4, -0.2) is 79.0 Å². The summed E-state index contributed by atoms with van der Waals surface area (Å²) < 4.78 is 11.6. The minimum atomic E-state index is -1.78. The summed E-state index contributed by atoms with van der Waals surface area (Å²) in [7, 11) is 0. The number of carbonyl (C=O) groups excluding carboxylic acids is 1. The zero-order valence-electron chi connectivity index (χ0n) is 18.1. The number of ether oxygens (including phenoxy) is 2. The molecular weight excluding hydrogens is 428 g/mol. The highest BCUT2D eigenvalue weighted by atomic mass is 16.7. The van der Waals surface area contributed by atoms with E-state index in [1.807, 2.05) is 30.3 Å². The summed E-state index contributed by atoms with van der Waals surface area (Å²) in [5, 5.41) is 21.0. The van der Waals surface area contributed by atoms with Gasteiger partial charge in [0.25, 0.3) is 17.2 Å². The van der Waals surface area contributed by atoms with Crippen LogP contribution in [0.15, 0.2) is 54.6 Å². The van der Waals surface area contributed by atoms with Crippen LogP contribution in [0.5, 0.6) is 0 Å². The van der Waals surface area contributed by atoms with Gasteiger partial charge < -0.3 is 19.5 Å². The lowest BCUT2D eigenvalue weighted by molar-refractivity contribution is -0.598. The first-order valence-corrected chi connectivity index (χ1v) is 11.0. The maximum Gasteiger partial charge on any atom is 0.293 e. The number of anilines is 2. The molecule has 0 saturated carbocycles. The number of nitro groups is 1. The van der Waals surface area contributed by atoms with E-state index in [9.17, 15) is 20.0 Å². The van der Waals surface area contributed by atoms with E-state index < -0.39 is 42.0 Å². The van der Waals surface area contributed by atoms with Crippen molar-refractivity contribution in [2.75, 3.05) is 62.5 Å². The van der Waals surface area contributed by atoms with Crippen LogP contribution in [0.25, 0.3) is 0 Å². The molecule has 2 saturated heterocycles. The number of para-hydroxylation sites is 2. The van der Waals surface area contributed by atoms with Crippen LogP contribution in [0.4, 0.5) is 11.4 Å². The van der Waals surface area contributed by atoms with Gasteiger partial charge in [-0.25, -0.2) is 0 Å². The summed E-state index contributed by atoms with van der Waals surface area (Å²) in [5.41, 5.74) is 0.612. The molecule has 1 spiro atoms. The number of benzene rings is 2. The van der Waals surface area contributed by atoms with Crippen LogP contribution < -0.4 is 9.80 Å². The first-order chi connectivity index (χ1) is 16.0. The molecule has 3 aliphatic rings. The Morgan fingerprint density at radius 1 is 0.970 bits per heavy atom. The van der Waals surface area contributed by atoms with Gasteiger partial charge in [0, 0.05) is 42.4 Å². The predicted molar refractivity (Wildman–Crippen MR) is 119 cm³/mol. The molecule has 2 fully saturated rings. The third kappa shape index (κ3) is 3.55. The SMILES string of the molecule is O=C1N(CN2CCN(c3ccccc3)CC2)c2ccccc2C12OCC(CO)([N+](=O)[O-])CO2. The number of hydrogen-bond acceptors (Lipinski definition) is 8. The minimum Gasteiger partial charge on any atom is -0.389 e. The summed E-state index contributed by atoms with van der Waals surface area (Å²) >= 11 is 0. The van der Waals surface area contributed by atoms with Crippen LogP contribution in [0, 0.1) is 10.1 Å². The molecule has 10 heteroatoms. The topological polar surface area (TPSA) is 109 Å². The van der Waals surface area contributed by atoms with Crippen molar-refractivity contribution in [2.45, 2.75) is 11.3 Å². The highest BCUT2D eigenvalue weighted by Gasteiger charge is 2.61. The zero-order valence-corrected chi connectivity index (χ0v) is 18.1. The molecule has 1 N–H and O–H groups in total. The number of amides is 1. The number of carbonyl (C=O) groups is 1. The molecule has 0 unspecified atom stereocenters. The Balaban J connectivity index is 1.32. The van der Waals surface area contributed by atoms with Gasteiger partial charge in [-0.1, -0.05) is 36.4 Å². The van der Waals surface area contributed by atoms with E-state index in [0.717, 1.165) is 26.2 Å². The van der Waals surface area contributed by atoms with Gasteiger partial charge in [-0.2, -0.15) is 0 Å². The van der Waals surface area contributed by atoms with Crippen LogP contribution in [-0.2, 0) is 20.1 Å². The Bertz CT molecular complexity index is 1030. The molecule has 2 aromatic rings. The van der Waals surface area contributed by atoms with E-state index in [-0.39, 0.29) is 0 Å². The molecule has 0 aromatic heterocycles. The standard InChI is InChI=1S/C23H26N4O6/c28-14-22(27(30)31)15-32-23(33-16-22)19-8-4-5-9-20(19)26(21(23)29)17-24-10-12-25(13-11-24)18-6-2-1-3-7-18/h1-9,28H,10-17H2. The molecule has 5 rings (SSSR count). The second kappa shape index (κ2) is 8.38. The Kier molecular flexibility index (Phi) is 5.53. The molecule has 0 bridgehead atoms. The quantitative estimate of drug-likeness (QED) is 0.527. The van der Waals surface area contributed by atoms with Gasteiger partial charge in [0.05, 0.1) is 12.4 Å². The number of piperazine rings is 1. The summed E-state index contributed by atoms with van der Waals surface area (Å²) in [4.78, 5) is 30.6. The van der Waals surface area contributed by atoms with E-state index in [1.54, 1.807) is 17.0 Å². The van der Waals surface area contributed by atoms with Crippen molar-refractivity contribution in [3.8, 4) is 0 Å². The van der Waals surface area contributed by atoms with E-state index in [2.05, 4.69) is 21.9 Å². The number of hydrogen-bond donors (Lipinski definition) is 1. The molecular formula is C23H26N4O6. The molecule has 0 radical (unpaired) electrons. The van der Waals surface area contributed by atoms with Crippen molar-refractivity contribution < 1.29 is 24.3 Å². The molecule has 174 valence electrons. The van der Waals surface area contributed by atoms with Crippen LogP contribution in [0.3, 0.4) is 0 Å². The fourth-order valence-corrected chi connectivity index (χ4v) is 4.60. The Labute approximate surface area is 191 Å². The van der Waals surface area contributed by atoms with Crippen molar-refractivity contribution in [2.24, 2.45) is 0 Å². The summed E-state index contributed by atoms with van der Waals surface area (Å²) in [6.45, 7) is 2.05. The highest BCUT2D eigenvalue weighted by Crippen LogP contribution is 2.46. The average molecular weight is 454 g/mol. The van der Waals surface area contributed by atoms with Gasteiger partial charge in [-0.15, -0.1) is 0 Å². The summed E-state index contributed by atoms with van der Waals surface area (Å²) in [6.07, 6.45) is 0. The number of aliphatic hydroxyl groups is 1. The monoisotopic (exact) mass is 454 g/mol. The average Bonchev–Trinajstić information content (AvgIpc) is 3.08. The largest absolute Gasteiger partial charge is 0.389 e. The molecule has 0 atom stereocenters. The predicted octanol–water partition coefficient (Wildman–Crippen LogP) is 1.02. The maximum atomic E-state index is 13.6. The third-order valence-corrected chi connectivity index (χ3v) is 6.68. The van der Waals surface area contributed by atoms with Crippen molar-refractivity contribution in [3.63, 3.8) is 0 Å². The van der Waals surface area contributed by atoms with Crippen molar-refractivity contribution in [3.05, 3.63) is 70.3 Å². The van der Waals surface area contributed by atoms with Crippen molar-refractivity contribution >= 4 is 17.3 Å². The molecule has 1 amide bonds. The van der Waals surface area contributed by atoms with Crippen LogP contribution in [0.2, 0.25) is 0 Å². The number of nitrogens with zero attached hydrogens (tertiary/aromatic N) is 4. The number of aliphatic hydroxyl groups excluding tert-OH is 1. The van der Waals surface area contributed by atoms with Gasteiger partial charge in [-0.3, -0.25) is 24.7 Å². The summed E-state index contributed by atoms with van der Waals surface area (Å²) in [5.74, 6) is -2.12. The zero-order chi connectivity index (χ0) is 23.1. The fraction of sp³-hybridized carbons (Fsp3) is 0.435. The van der Waals surface area contributed by atoms with Gasteiger partial charge in [-0.05, 0) is 18.2 Å². The van der Waals surface area contributed by atoms with Gasteiger partial charge >= 0.3 is 0 Å². The Morgan fingerprint density at radius 2 is 1.61 bits per heavy atom. The van der Waals surface area contributed by atoms with E-state index >= 15 is 0 Å². The lowest BCUT2D eigenvalue weighted by atomic mass is 10.00. The third-order valence-electron chi connectivity index (χ3n) is 6.68. The molecule has 3 aliphatic heterocycles. The van der Waals surface area contributed by atoms with Gasteiger partial charge in [0.15, 0.2) is 0 Å². The van der Waals surface area contributed by atoms with Gasteiger partial charge in [0.2, 0.25) is 0 Å². The van der Waals surface area contributed by atoms with Gasteiger partial charge in [0.1, 0.15) is 19.8 Å². The van der Waals surface area contributed by atoms with E-state index in [1.165, 1.54) is 5.69 Å². The lowest BCUT2D eigenvalue weighted by Crippen LogP contribution is -2.61. The van der Waals surface area contributed by atoms with Crippen molar-refractivity contribution in [1.82, 2.24) is 4.90 Å². The molecule has 0 aliphatic carbocycles. The highest BCUT2D eigenvalue weighted by molar-refractivity contribution is 6.06. The van der Waals surface area contributed by atoms with Crippen molar-refractivity contribution in [1.29, 1.82) is 0 Å². The number of rotatable bonds is 5. The molecule has 10 nitrogen and oxygen atoms in total. The van der Waals surface area contributed by atoms with Crippen LogP contribution >= 0.6 is 0 Å². The normalized spacial score (nSPS) is 27.7. The molecule has 33 heavy (non-hydrogen) atoms. The number of fused-ring (bicyclic) bond motifs is 2. The molecule has 3 heterocycles. The fourth-order valence-electron chi connectivity index (χ4n) is 4.60.